The molecule has 4 nitrogen and oxygen atoms in total. The zero-order valence-electron chi connectivity index (χ0n) is 11.8. The largest absolute Gasteiger partial charge is 0.434 e. The Morgan fingerprint density at radius 3 is 2.50 bits per heavy atom. The van der Waals surface area contributed by atoms with E-state index in [0.29, 0.717) is 6.54 Å². The van der Waals surface area contributed by atoms with Crippen LogP contribution >= 0.6 is 0 Å². The minimum Gasteiger partial charge on any atom is -0.434 e. The molecule has 0 aromatic heterocycles. The molecule has 0 aliphatic rings. The van der Waals surface area contributed by atoms with E-state index in [1.54, 1.807) is 26.8 Å². The molecule has 1 amide bonds. The van der Waals surface area contributed by atoms with E-state index in [4.69, 9.17) is 0 Å². The molecule has 6 heteroatoms. The lowest BCUT2D eigenvalue weighted by atomic mass is 10.1. The van der Waals surface area contributed by atoms with Gasteiger partial charge in [-0.1, -0.05) is 12.1 Å². The van der Waals surface area contributed by atoms with Crippen molar-refractivity contribution in [2.75, 3.05) is 13.1 Å². The van der Waals surface area contributed by atoms with Gasteiger partial charge in [0.25, 0.3) is 5.91 Å². The van der Waals surface area contributed by atoms with Crippen LogP contribution in [0.3, 0.4) is 0 Å². The highest BCUT2D eigenvalue weighted by molar-refractivity contribution is 5.97. The van der Waals surface area contributed by atoms with E-state index in [1.807, 2.05) is 0 Å². The van der Waals surface area contributed by atoms with Crippen LogP contribution in [0.2, 0.25) is 0 Å². The van der Waals surface area contributed by atoms with Crippen molar-refractivity contribution >= 4 is 5.91 Å². The second-order valence-corrected chi connectivity index (χ2v) is 5.01. The van der Waals surface area contributed by atoms with Crippen molar-refractivity contribution in [3.05, 3.63) is 29.8 Å². The number of nitrogens with zero attached hydrogens (tertiary/aromatic N) is 1. The standard InChI is InChI=1S/C14H19F2NO3/c1-4-17(9-14(2,3)19)12(18)10-7-5-6-8-11(10)20-13(15)16/h5-8,13,19H,4,9H2,1-3H3. The molecule has 1 N–H and O–H groups in total. The van der Waals surface area contributed by atoms with Gasteiger partial charge in [0.05, 0.1) is 11.2 Å². The molecule has 0 saturated carbocycles. The summed E-state index contributed by atoms with van der Waals surface area (Å²) in [6.45, 7) is 2.36. The Morgan fingerprint density at radius 2 is 2.00 bits per heavy atom. The number of halogens is 2. The first-order valence-electron chi connectivity index (χ1n) is 6.30. The number of carbonyl (C=O) groups is 1. The molecular formula is C14H19F2NO3. The summed E-state index contributed by atoms with van der Waals surface area (Å²) in [6, 6.07) is 5.83. The van der Waals surface area contributed by atoms with Gasteiger partial charge in [0.1, 0.15) is 5.75 Å². The third-order valence-electron chi connectivity index (χ3n) is 2.58. The highest BCUT2D eigenvalue weighted by atomic mass is 19.3. The summed E-state index contributed by atoms with van der Waals surface area (Å²) in [5, 5.41) is 9.78. The molecule has 0 bridgehead atoms. The molecule has 0 spiro atoms. The molecule has 0 fully saturated rings. The van der Waals surface area contributed by atoms with Gasteiger partial charge in [-0.2, -0.15) is 8.78 Å². The summed E-state index contributed by atoms with van der Waals surface area (Å²) in [7, 11) is 0. The van der Waals surface area contributed by atoms with Gasteiger partial charge in [-0.05, 0) is 32.9 Å². The molecule has 0 saturated heterocycles. The maximum atomic E-state index is 12.3. The van der Waals surface area contributed by atoms with Crippen LogP contribution in [0, 0.1) is 0 Å². The Hall–Kier alpha value is -1.69. The van der Waals surface area contributed by atoms with Crippen molar-refractivity contribution in [3.63, 3.8) is 0 Å². The zero-order valence-corrected chi connectivity index (χ0v) is 11.8. The van der Waals surface area contributed by atoms with Crippen LogP contribution in [0.4, 0.5) is 8.78 Å². The van der Waals surface area contributed by atoms with Crippen LogP contribution in [0.25, 0.3) is 0 Å². The first-order valence-corrected chi connectivity index (χ1v) is 6.30. The number of likely N-dealkylation sites (N-methyl/N-ethyl adjacent to an activating group) is 1. The van der Waals surface area contributed by atoms with Crippen molar-refractivity contribution < 1.29 is 23.4 Å². The van der Waals surface area contributed by atoms with Crippen LogP contribution in [-0.2, 0) is 0 Å². The van der Waals surface area contributed by atoms with Crippen LogP contribution in [-0.4, -0.2) is 41.2 Å². The van der Waals surface area contributed by atoms with Crippen molar-refractivity contribution in [3.8, 4) is 5.75 Å². The Morgan fingerprint density at radius 1 is 1.40 bits per heavy atom. The quantitative estimate of drug-likeness (QED) is 0.874. The maximum absolute atomic E-state index is 12.3. The molecule has 0 atom stereocenters. The highest BCUT2D eigenvalue weighted by Crippen LogP contribution is 2.22. The van der Waals surface area contributed by atoms with E-state index in [1.165, 1.54) is 23.1 Å². The molecule has 112 valence electrons. The number of hydrogen-bond acceptors (Lipinski definition) is 3. The molecule has 0 unspecified atom stereocenters. The second-order valence-electron chi connectivity index (χ2n) is 5.01. The Kier molecular flexibility index (Phi) is 5.44. The minimum absolute atomic E-state index is 0.0545. The fourth-order valence-electron chi connectivity index (χ4n) is 1.81. The minimum atomic E-state index is -2.99. The smallest absolute Gasteiger partial charge is 0.387 e. The molecule has 1 aromatic carbocycles. The number of rotatable bonds is 6. The topological polar surface area (TPSA) is 49.8 Å². The van der Waals surface area contributed by atoms with Gasteiger partial charge >= 0.3 is 6.61 Å². The lowest BCUT2D eigenvalue weighted by Crippen LogP contribution is -2.42. The van der Waals surface area contributed by atoms with Crippen molar-refractivity contribution in [1.82, 2.24) is 4.90 Å². The summed E-state index contributed by atoms with van der Waals surface area (Å²) >= 11 is 0. The van der Waals surface area contributed by atoms with Gasteiger partial charge in [0.2, 0.25) is 0 Å². The monoisotopic (exact) mass is 287 g/mol. The van der Waals surface area contributed by atoms with E-state index < -0.39 is 18.1 Å². The number of hydrogen-bond donors (Lipinski definition) is 1. The average molecular weight is 287 g/mol. The number of alkyl halides is 2. The average Bonchev–Trinajstić information content (AvgIpc) is 2.34. The first-order chi connectivity index (χ1) is 9.24. The Balaban J connectivity index is 3.00. The normalized spacial score (nSPS) is 11.6. The molecule has 1 rings (SSSR count). The van der Waals surface area contributed by atoms with Gasteiger partial charge in [0.15, 0.2) is 0 Å². The molecule has 0 aliphatic heterocycles. The lowest BCUT2D eigenvalue weighted by molar-refractivity contribution is -0.0504. The van der Waals surface area contributed by atoms with Crippen LogP contribution in [0.1, 0.15) is 31.1 Å². The van der Waals surface area contributed by atoms with Crippen LogP contribution in [0.5, 0.6) is 5.75 Å². The SMILES string of the molecule is CCN(CC(C)(C)O)C(=O)c1ccccc1OC(F)F. The predicted octanol–water partition coefficient (Wildman–Crippen LogP) is 2.52. The third kappa shape index (κ3) is 4.77. The van der Waals surface area contributed by atoms with E-state index >= 15 is 0 Å². The van der Waals surface area contributed by atoms with E-state index in [9.17, 15) is 18.7 Å². The molecular weight excluding hydrogens is 268 g/mol. The number of aliphatic hydroxyl groups is 1. The molecule has 0 aliphatic carbocycles. The molecule has 0 radical (unpaired) electrons. The zero-order chi connectivity index (χ0) is 15.3. The summed E-state index contributed by atoms with van der Waals surface area (Å²) < 4.78 is 29.0. The van der Waals surface area contributed by atoms with E-state index in [-0.39, 0.29) is 17.9 Å². The predicted molar refractivity (Wildman–Crippen MR) is 70.9 cm³/mol. The van der Waals surface area contributed by atoms with Gasteiger partial charge < -0.3 is 14.7 Å². The fraction of sp³-hybridized carbons (Fsp3) is 0.500. The number of para-hydroxylation sites is 1. The van der Waals surface area contributed by atoms with Gasteiger partial charge in [-0.3, -0.25) is 4.79 Å². The fourth-order valence-corrected chi connectivity index (χ4v) is 1.81. The van der Waals surface area contributed by atoms with Crippen molar-refractivity contribution in [2.45, 2.75) is 33.0 Å². The van der Waals surface area contributed by atoms with Crippen LogP contribution in [0.15, 0.2) is 24.3 Å². The highest BCUT2D eigenvalue weighted by Gasteiger charge is 2.24. The molecule has 1 aromatic rings. The van der Waals surface area contributed by atoms with E-state index in [2.05, 4.69) is 4.74 Å². The molecule has 0 heterocycles. The summed E-state index contributed by atoms with van der Waals surface area (Å²) in [5.41, 5.74) is -1.01. The summed E-state index contributed by atoms with van der Waals surface area (Å²) in [4.78, 5) is 13.7. The number of carbonyl (C=O) groups excluding carboxylic acids is 1. The van der Waals surface area contributed by atoms with Gasteiger partial charge in [0, 0.05) is 13.1 Å². The first kappa shape index (κ1) is 16.4. The summed E-state index contributed by atoms with van der Waals surface area (Å²) in [5.74, 6) is -0.618. The van der Waals surface area contributed by atoms with Gasteiger partial charge in [-0.15, -0.1) is 0 Å². The number of benzene rings is 1. The lowest BCUT2D eigenvalue weighted by Gasteiger charge is -2.28. The van der Waals surface area contributed by atoms with Gasteiger partial charge in [-0.25, -0.2) is 0 Å². The van der Waals surface area contributed by atoms with E-state index in [0.717, 1.165) is 0 Å². The molecule has 20 heavy (non-hydrogen) atoms. The summed E-state index contributed by atoms with van der Waals surface area (Å²) in [6.07, 6.45) is 0. The third-order valence-corrected chi connectivity index (χ3v) is 2.58. The van der Waals surface area contributed by atoms with Crippen molar-refractivity contribution in [1.29, 1.82) is 0 Å². The Bertz CT molecular complexity index is 458. The second kappa shape index (κ2) is 6.65. The number of ether oxygens (including phenoxy) is 1. The number of amides is 1. The Labute approximate surface area is 117 Å². The van der Waals surface area contributed by atoms with Crippen molar-refractivity contribution in [2.24, 2.45) is 0 Å². The van der Waals surface area contributed by atoms with Crippen LogP contribution < -0.4 is 4.74 Å². The maximum Gasteiger partial charge on any atom is 0.387 e.